The van der Waals surface area contributed by atoms with Crippen molar-refractivity contribution in [3.8, 4) is 11.8 Å². The molecule has 0 spiro atoms. The van der Waals surface area contributed by atoms with Crippen LogP contribution in [0.5, 0.6) is 5.75 Å². The van der Waals surface area contributed by atoms with Crippen molar-refractivity contribution in [3.05, 3.63) is 47.5 Å². The normalized spacial score (nSPS) is 24.0. The molecule has 142 valence electrons. The Balaban J connectivity index is 1.50. The molecule has 2 atom stereocenters. The fourth-order valence-corrected chi connectivity index (χ4v) is 4.21. The van der Waals surface area contributed by atoms with Crippen LogP contribution in [-0.2, 0) is 0 Å². The number of nitriles is 1. The van der Waals surface area contributed by atoms with Gasteiger partial charge in [0.15, 0.2) is 6.10 Å². The number of anilines is 1. The number of hydrogen-bond acceptors (Lipinski definition) is 6. The van der Waals surface area contributed by atoms with E-state index in [1.165, 1.54) is 25.7 Å². The van der Waals surface area contributed by atoms with Gasteiger partial charge in [0.05, 0.1) is 41.5 Å². The first-order valence-corrected chi connectivity index (χ1v) is 9.96. The summed E-state index contributed by atoms with van der Waals surface area (Å²) in [5.41, 5.74) is 4.72. The van der Waals surface area contributed by atoms with Crippen LogP contribution in [0.25, 0.3) is 0 Å². The average molecular weight is 373 g/mol. The number of benzene rings is 1. The molecule has 3 aliphatic rings. The molecule has 0 N–H and O–H groups in total. The molecule has 0 saturated heterocycles. The molecular formula is C22H23N5O. The third kappa shape index (κ3) is 3.01. The first-order chi connectivity index (χ1) is 13.7. The Morgan fingerprint density at radius 2 is 1.75 bits per heavy atom. The highest BCUT2D eigenvalue weighted by molar-refractivity contribution is 5.97. The van der Waals surface area contributed by atoms with Gasteiger partial charge in [-0.15, -0.1) is 0 Å². The van der Waals surface area contributed by atoms with Crippen molar-refractivity contribution in [1.82, 2.24) is 9.97 Å². The highest BCUT2D eigenvalue weighted by Crippen LogP contribution is 2.46. The second kappa shape index (κ2) is 6.59. The zero-order chi connectivity index (χ0) is 19.3. The van der Waals surface area contributed by atoms with E-state index in [2.05, 4.69) is 21.0 Å². The topological polar surface area (TPSA) is 74.4 Å². The van der Waals surface area contributed by atoms with E-state index in [0.717, 1.165) is 33.8 Å². The Bertz CT molecular complexity index is 949. The van der Waals surface area contributed by atoms with Crippen LogP contribution in [0.15, 0.2) is 36.0 Å². The van der Waals surface area contributed by atoms with E-state index >= 15 is 0 Å². The molecule has 6 heteroatoms. The van der Waals surface area contributed by atoms with Crippen molar-refractivity contribution in [2.45, 2.75) is 51.7 Å². The lowest BCUT2D eigenvalue weighted by atomic mass is 9.99. The van der Waals surface area contributed by atoms with Gasteiger partial charge in [-0.25, -0.2) is 9.97 Å². The fourth-order valence-electron chi connectivity index (χ4n) is 4.21. The van der Waals surface area contributed by atoms with Gasteiger partial charge in [-0.2, -0.15) is 10.4 Å². The van der Waals surface area contributed by atoms with Crippen molar-refractivity contribution >= 4 is 11.4 Å². The third-order valence-corrected chi connectivity index (χ3v) is 5.90. The number of aromatic nitrogens is 2. The molecule has 1 aromatic heterocycles. The van der Waals surface area contributed by atoms with E-state index in [1.807, 2.05) is 38.4 Å². The molecule has 2 aliphatic carbocycles. The number of hydrazone groups is 1. The predicted octanol–water partition coefficient (Wildman–Crippen LogP) is 3.78. The van der Waals surface area contributed by atoms with Gasteiger partial charge in [-0.05, 0) is 68.7 Å². The summed E-state index contributed by atoms with van der Waals surface area (Å²) in [6.45, 7) is 3.93. The molecule has 2 fully saturated rings. The quantitative estimate of drug-likeness (QED) is 0.797. The van der Waals surface area contributed by atoms with Gasteiger partial charge in [0.1, 0.15) is 12.1 Å². The Morgan fingerprint density at radius 3 is 2.32 bits per heavy atom. The van der Waals surface area contributed by atoms with Crippen LogP contribution >= 0.6 is 0 Å². The number of ether oxygens (including phenoxy) is 1. The summed E-state index contributed by atoms with van der Waals surface area (Å²) in [7, 11) is 0. The molecule has 0 radical (unpaired) electrons. The number of rotatable bonds is 5. The van der Waals surface area contributed by atoms with E-state index < -0.39 is 0 Å². The number of nitrogens with zero attached hydrogens (tertiary/aromatic N) is 5. The fraction of sp³-hybridized carbons (Fsp3) is 0.455. The largest absolute Gasteiger partial charge is 0.482 e. The van der Waals surface area contributed by atoms with Gasteiger partial charge in [0.2, 0.25) is 0 Å². The summed E-state index contributed by atoms with van der Waals surface area (Å²) >= 11 is 0. The van der Waals surface area contributed by atoms with E-state index in [0.29, 0.717) is 11.8 Å². The molecule has 2 heterocycles. The van der Waals surface area contributed by atoms with Crippen molar-refractivity contribution in [2.24, 2.45) is 16.9 Å². The van der Waals surface area contributed by atoms with Crippen LogP contribution in [0, 0.1) is 37.0 Å². The predicted molar refractivity (Wildman–Crippen MR) is 106 cm³/mol. The van der Waals surface area contributed by atoms with Crippen LogP contribution < -0.4 is 9.75 Å². The molecule has 28 heavy (non-hydrogen) atoms. The van der Waals surface area contributed by atoms with Crippen molar-refractivity contribution in [3.63, 3.8) is 0 Å². The molecule has 5 rings (SSSR count). The Labute approximate surface area is 164 Å². The molecule has 1 aliphatic heterocycles. The van der Waals surface area contributed by atoms with Gasteiger partial charge in [0, 0.05) is 5.92 Å². The Morgan fingerprint density at radius 1 is 1.07 bits per heavy atom. The van der Waals surface area contributed by atoms with Crippen molar-refractivity contribution in [2.75, 3.05) is 5.01 Å². The highest BCUT2D eigenvalue weighted by atomic mass is 16.5. The van der Waals surface area contributed by atoms with Crippen LogP contribution in [-0.4, -0.2) is 27.8 Å². The maximum absolute atomic E-state index is 9.35. The van der Waals surface area contributed by atoms with Crippen LogP contribution in [0.4, 0.5) is 5.69 Å². The van der Waals surface area contributed by atoms with Crippen LogP contribution in [0.2, 0.25) is 0 Å². The molecule has 2 saturated carbocycles. The summed E-state index contributed by atoms with van der Waals surface area (Å²) in [4.78, 5) is 8.37. The first kappa shape index (κ1) is 17.2. The standard InChI is InChI=1S/C22H23N5O/c1-13-7-18(8-14(2)19(13)9-23)28-22-20(15-3-4-15)26-27(21(22)16-5-6-16)17-10-24-12-25-11-17/h7-8,10-12,15-16,21-22H,3-6H2,1-2H3. The highest BCUT2D eigenvalue weighted by Gasteiger charge is 2.51. The maximum atomic E-state index is 9.35. The molecule has 1 aromatic carbocycles. The Kier molecular flexibility index (Phi) is 4.04. The number of hydrogen-bond donors (Lipinski definition) is 0. The van der Waals surface area contributed by atoms with E-state index in [-0.39, 0.29) is 12.1 Å². The van der Waals surface area contributed by atoms with Crippen molar-refractivity contribution in [1.29, 1.82) is 5.26 Å². The summed E-state index contributed by atoms with van der Waals surface area (Å²) in [6, 6.07) is 6.43. The van der Waals surface area contributed by atoms with Gasteiger partial charge in [-0.3, -0.25) is 5.01 Å². The van der Waals surface area contributed by atoms with E-state index in [1.54, 1.807) is 6.33 Å². The second-order valence-electron chi connectivity index (χ2n) is 8.15. The number of aryl methyl sites for hydroxylation is 2. The summed E-state index contributed by atoms with van der Waals surface area (Å²) < 4.78 is 6.59. The third-order valence-electron chi connectivity index (χ3n) is 5.90. The van der Waals surface area contributed by atoms with Gasteiger partial charge in [-0.1, -0.05) is 0 Å². The zero-order valence-corrected chi connectivity index (χ0v) is 16.2. The maximum Gasteiger partial charge on any atom is 0.161 e. The molecule has 0 bridgehead atoms. The Hall–Kier alpha value is -2.94. The van der Waals surface area contributed by atoms with Crippen LogP contribution in [0.1, 0.15) is 42.4 Å². The van der Waals surface area contributed by atoms with E-state index in [9.17, 15) is 5.26 Å². The lowest BCUT2D eigenvalue weighted by Gasteiger charge is -2.28. The smallest absolute Gasteiger partial charge is 0.161 e. The molecule has 6 nitrogen and oxygen atoms in total. The lowest BCUT2D eigenvalue weighted by Crippen LogP contribution is -2.43. The SMILES string of the molecule is Cc1cc(OC2C(C3CC3)=NN(c3cncnc3)C2C2CC2)cc(C)c1C#N. The molecule has 0 amide bonds. The summed E-state index contributed by atoms with van der Waals surface area (Å²) in [6.07, 6.45) is 9.91. The summed E-state index contributed by atoms with van der Waals surface area (Å²) in [5, 5.41) is 16.5. The van der Waals surface area contributed by atoms with Crippen LogP contribution in [0.3, 0.4) is 0 Å². The average Bonchev–Trinajstić information content (AvgIpc) is 3.61. The summed E-state index contributed by atoms with van der Waals surface area (Å²) in [5.74, 6) is 1.91. The first-order valence-electron chi connectivity index (χ1n) is 9.96. The van der Waals surface area contributed by atoms with Gasteiger partial charge < -0.3 is 4.74 Å². The minimum Gasteiger partial charge on any atom is -0.482 e. The van der Waals surface area contributed by atoms with Gasteiger partial charge in [0.25, 0.3) is 0 Å². The molecule has 2 aromatic rings. The van der Waals surface area contributed by atoms with Gasteiger partial charge >= 0.3 is 0 Å². The zero-order valence-electron chi connectivity index (χ0n) is 16.2. The minimum absolute atomic E-state index is 0.0630. The second-order valence-corrected chi connectivity index (χ2v) is 8.15. The lowest BCUT2D eigenvalue weighted by molar-refractivity contribution is 0.226. The van der Waals surface area contributed by atoms with E-state index in [4.69, 9.17) is 9.84 Å². The molecule has 2 unspecified atom stereocenters. The van der Waals surface area contributed by atoms with Crippen molar-refractivity contribution < 1.29 is 4.74 Å². The monoisotopic (exact) mass is 373 g/mol. The minimum atomic E-state index is -0.0630. The molecular weight excluding hydrogens is 350 g/mol.